The quantitative estimate of drug-likeness (QED) is 0.563. The first kappa shape index (κ1) is 17.3. The van der Waals surface area contributed by atoms with Crippen LogP contribution in [0.5, 0.6) is 0 Å². The van der Waals surface area contributed by atoms with E-state index in [2.05, 4.69) is 9.64 Å². The minimum atomic E-state index is -5.60. The van der Waals surface area contributed by atoms with E-state index < -0.39 is 27.4 Å². The highest BCUT2D eigenvalue weighted by atomic mass is 32.2. The van der Waals surface area contributed by atoms with Gasteiger partial charge in [-0.15, -0.1) is 0 Å². The maximum Gasteiger partial charge on any atom is 0.405 e. The van der Waals surface area contributed by atoms with Gasteiger partial charge in [-0.25, -0.2) is 0 Å². The maximum absolute atomic E-state index is 13.1. The molecule has 0 saturated carbocycles. The van der Waals surface area contributed by atoms with Gasteiger partial charge >= 0.3 is 21.3 Å². The zero-order valence-electron chi connectivity index (χ0n) is 11.2. The molecule has 1 aliphatic rings. The van der Waals surface area contributed by atoms with Crippen LogP contribution < -0.4 is 0 Å². The second-order valence-electron chi connectivity index (χ2n) is 4.82. The molecule has 0 bridgehead atoms. The van der Waals surface area contributed by atoms with Gasteiger partial charge in [-0.3, -0.25) is 9.35 Å². The molecule has 0 aromatic rings. The molecule has 0 radical (unpaired) electrons. The molecule has 1 unspecified atom stereocenters. The molecule has 1 aliphatic heterocycles. The van der Waals surface area contributed by atoms with Gasteiger partial charge in [0.25, 0.3) is 0 Å². The first-order valence-corrected chi connectivity index (χ1v) is 7.85. The Morgan fingerprint density at radius 2 is 1.95 bits per heavy atom. The lowest BCUT2D eigenvalue weighted by Gasteiger charge is -2.21. The number of esters is 1. The van der Waals surface area contributed by atoms with Gasteiger partial charge < -0.3 is 9.64 Å². The van der Waals surface area contributed by atoms with Crippen LogP contribution in [0.2, 0.25) is 0 Å². The van der Waals surface area contributed by atoms with Gasteiger partial charge in [-0.2, -0.15) is 17.2 Å². The Kier molecular flexibility index (Phi) is 5.84. The molecule has 0 aromatic carbocycles. The zero-order valence-corrected chi connectivity index (χ0v) is 12.0. The Bertz CT molecular complexity index is 434. The number of halogens is 2. The first-order valence-electron chi connectivity index (χ1n) is 6.41. The number of hydrogen-bond acceptors (Lipinski definition) is 5. The second-order valence-corrected chi connectivity index (χ2v) is 6.32. The molecular formula is C11H19F2NO5S. The van der Waals surface area contributed by atoms with Gasteiger partial charge in [-0.1, -0.05) is 0 Å². The Labute approximate surface area is 116 Å². The fourth-order valence-corrected chi connectivity index (χ4v) is 2.46. The Balaban J connectivity index is 2.34. The van der Waals surface area contributed by atoms with Crippen LogP contribution in [0.3, 0.4) is 0 Å². The Morgan fingerprint density at radius 3 is 2.45 bits per heavy atom. The summed E-state index contributed by atoms with van der Waals surface area (Å²) in [6, 6.07) is 0. The normalized spacial score (nSPS) is 19.0. The fourth-order valence-electron chi connectivity index (χ4n) is 1.99. The second kappa shape index (κ2) is 6.77. The van der Waals surface area contributed by atoms with E-state index >= 15 is 0 Å². The van der Waals surface area contributed by atoms with E-state index in [-0.39, 0.29) is 6.42 Å². The van der Waals surface area contributed by atoms with Gasteiger partial charge in [0, 0.05) is 6.42 Å². The predicted octanol–water partition coefficient (Wildman–Crippen LogP) is 1.27. The van der Waals surface area contributed by atoms with E-state index in [1.807, 2.05) is 0 Å². The molecular weight excluding hydrogens is 296 g/mol. The first-order chi connectivity index (χ1) is 9.14. The largest absolute Gasteiger partial charge is 0.455 e. The van der Waals surface area contributed by atoms with E-state index in [1.54, 1.807) is 0 Å². The summed E-state index contributed by atoms with van der Waals surface area (Å²) in [7, 11) is -5.60. The molecule has 20 heavy (non-hydrogen) atoms. The van der Waals surface area contributed by atoms with Crippen molar-refractivity contribution in [2.24, 2.45) is 0 Å². The number of carbonyl (C=O) groups excluding carboxylic acids is 1. The third kappa shape index (κ3) is 4.64. The lowest BCUT2D eigenvalue weighted by atomic mass is 10.3. The van der Waals surface area contributed by atoms with E-state index in [4.69, 9.17) is 4.55 Å². The molecule has 118 valence electrons. The summed E-state index contributed by atoms with van der Waals surface area (Å²) in [6.45, 7) is 3.34. The van der Waals surface area contributed by atoms with Crippen molar-refractivity contribution in [3.8, 4) is 0 Å². The maximum atomic E-state index is 13.1. The van der Waals surface area contributed by atoms with E-state index in [0.29, 0.717) is 13.0 Å². The molecule has 0 aromatic heterocycles. The van der Waals surface area contributed by atoms with E-state index in [1.165, 1.54) is 0 Å². The lowest BCUT2D eigenvalue weighted by molar-refractivity contribution is -0.159. The van der Waals surface area contributed by atoms with Crippen LogP contribution in [0.1, 0.15) is 32.6 Å². The van der Waals surface area contributed by atoms with Gasteiger partial charge in [0.05, 0.1) is 0 Å². The molecule has 1 N–H and O–H groups in total. The predicted molar refractivity (Wildman–Crippen MR) is 67.0 cm³/mol. The molecule has 0 aliphatic carbocycles. The number of hydrogen-bond donors (Lipinski definition) is 1. The lowest BCUT2D eigenvalue weighted by Crippen LogP contribution is -2.42. The number of alkyl halides is 2. The van der Waals surface area contributed by atoms with Crippen molar-refractivity contribution < 1.29 is 31.3 Å². The third-order valence-electron chi connectivity index (χ3n) is 3.18. The number of rotatable bonds is 7. The van der Waals surface area contributed by atoms with Gasteiger partial charge in [0.15, 0.2) is 6.10 Å². The van der Waals surface area contributed by atoms with E-state index in [0.717, 1.165) is 32.9 Å². The SMILES string of the molecule is CC(OC(=O)CCCN1CCCC1)C(F)(F)S(=O)(=O)O. The molecule has 1 atom stereocenters. The number of ether oxygens (including phenoxy) is 1. The number of nitrogens with zero attached hydrogens (tertiary/aromatic N) is 1. The van der Waals surface area contributed by atoms with Crippen LogP contribution >= 0.6 is 0 Å². The van der Waals surface area contributed by atoms with Crippen LogP contribution in [0, 0.1) is 0 Å². The summed E-state index contributed by atoms with van der Waals surface area (Å²) in [4.78, 5) is 13.5. The molecule has 0 amide bonds. The van der Waals surface area contributed by atoms with Crippen molar-refractivity contribution in [2.45, 2.75) is 44.0 Å². The Hall–Kier alpha value is -0.800. The van der Waals surface area contributed by atoms with Crippen molar-refractivity contribution >= 4 is 16.1 Å². The molecule has 6 nitrogen and oxygen atoms in total. The third-order valence-corrected chi connectivity index (χ3v) is 4.20. The minimum absolute atomic E-state index is 0.0671. The van der Waals surface area contributed by atoms with Crippen LogP contribution in [-0.4, -0.2) is 54.8 Å². The summed E-state index contributed by atoms with van der Waals surface area (Å²) in [6.07, 6.45) is 0.395. The minimum Gasteiger partial charge on any atom is -0.455 e. The van der Waals surface area contributed by atoms with Crippen LogP contribution in [0.15, 0.2) is 0 Å². The monoisotopic (exact) mass is 315 g/mol. The van der Waals surface area contributed by atoms with Crippen molar-refractivity contribution in [3.05, 3.63) is 0 Å². The topological polar surface area (TPSA) is 83.9 Å². The van der Waals surface area contributed by atoms with Crippen LogP contribution in [0.25, 0.3) is 0 Å². The van der Waals surface area contributed by atoms with Crippen molar-refractivity contribution in [2.75, 3.05) is 19.6 Å². The summed E-state index contributed by atoms with van der Waals surface area (Å²) in [5, 5.41) is -4.50. The summed E-state index contributed by atoms with van der Waals surface area (Å²) >= 11 is 0. The highest BCUT2D eigenvalue weighted by molar-refractivity contribution is 7.86. The number of carbonyl (C=O) groups is 1. The van der Waals surface area contributed by atoms with Gasteiger partial charge in [0.1, 0.15) is 0 Å². The summed E-state index contributed by atoms with van der Waals surface area (Å²) in [5.41, 5.74) is 0. The molecule has 9 heteroatoms. The summed E-state index contributed by atoms with van der Waals surface area (Å²) in [5.74, 6) is -0.903. The molecule has 1 fully saturated rings. The van der Waals surface area contributed by atoms with Crippen molar-refractivity contribution in [3.63, 3.8) is 0 Å². The molecule has 1 heterocycles. The average molecular weight is 315 g/mol. The fraction of sp³-hybridized carbons (Fsp3) is 0.909. The van der Waals surface area contributed by atoms with Crippen molar-refractivity contribution in [1.29, 1.82) is 0 Å². The Morgan fingerprint density at radius 1 is 1.40 bits per heavy atom. The molecule has 0 spiro atoms. The molecule has 1 rings (SSSR count). The van der Waals surface area contributed by atoms with Crippen molar-refractivity contribution in [1.82, 2.24) is 4.90 Å². The number of likely N-dealkylation sites (tertiary alicyclic amines) is 1. The van der Waals surface area contributed by atoms with Crippen LogP contribution in [0.4, 0.5) is 8.78 Å². The highest BCUT2D eigenvalue weighted by Crippen LogP contribution is 2.27. The van der Waals surface area contributed by atoms with Crippen LogP contribution in [-0.2, 0) is 19.6 Å². The smallest absolute Gasteiger partial charge is 0.405 e. The van der Waals surface area contributed by atoms with E-state index in [9.17, 15) is 22.0 Å². The van der Waals surface area contributed by atoms with Gasteiger partial charge in [0.2, 0.25) is 0 Å². The zero-order chi connectivity index (χ0) is 15.4. The van der Waals surface area contributed by atoms with Gasteiger partial charge in [-0.05, 0) is 45.8 Å². The summed E-state index contributed by atoms with van der Waals surface area (Å²) < 4.78 is 59.9. The highest BCUT2D eigenvalue weighted by Gasteiger charge is 2.51. The molecule has 1 saturated heterocycles. The standard InChI is InChI=1S/C11H19F2NO5S/c1-9(11(12,13)20(16,17)18)19-10(15)5-4-8-14-6-2-3-7-14/h9H,2-8H2,1H3,(H,16,17,18). The average Bonchev–Trinajstić information content (AvgIpc) is 2.80.